The van der Waals surface area contributed by atoms with Crippen LogP contribution in [-0.4, -0.2) is 23.8 Å². The van der Waals surface area contributed by atoms with E-state index in [0.29, 0.717) is 23.7 Å². The van der Waals surface area contributed by atoms with Crippen LogP contribution in [0.15, 0.2) is 53.6 Å². The summed E-state index contributed by atoms with van der Waals surface area (Å²) in [5.74, 6) is 1.12. The lowest BCUT2D eigenvalue weighted by Crippen LogP contribution is -2.17. The molecule has 24 heavy (non-hydrogen) atoms. The van der Waals surface area contributed by atoms with Gasteiger partial charge in [-0.1, -0.05) is 26.0 Å². The van der Waals surface area contributed by atoms with Gasteiger partial charge in [0.05, 0.1) is 12.8 Å². The molecule has 0 bridgehead atoms. The Morgan fingerprint density at radius 2 is 1.92 bits per heavy atom. The predicted molar refractivity (Wildman–Crippen MR) is 94.6 cm³/mol. The number of hydrogen-bond donors (Lipinski definition) is 2. The summed E-state index contributed by atoms with van der Waals surface area (Å²) in [5.41, 5.74) is 3.45. The first-order valence-electron chi connectivity index (χ1n) is 7.90. The number of carbonyl (C=O) groups excluding carboxylic acids is 1. The van der Waals surface area contributed by atoms with E-state index in [9.17, 15) is 9.90 Å². The summed E-state index contributed by atoms with van der Waals surface area (Å²) in [7, 11) is 0. The fourth-order valence-corrected chi connectivity index (χ4v) is 1.94. The number of nitrogens with one attached hydrogen (secondary N) is 1. The van der Waals surface area contributed by atoms with Gasteiger partial charge in [-0.05, 0) is 48.7 Å². The number of phenols is 1. The van der Waals surface area contributed by atoms with Crippen LogP contribution in [0.4, 0.5) is 0 Å². The smallest absolute Gasteiger partial charge is 0.271 e. The maximum absolute atomic E-state index is 12.0. The van der Waals surface area contributed by atoms with E-state index in [-0.39, 0.29) is 11.7 Å². The molecule has 0 radical (unpaired) electrons. The Morgan fingerprint density at radius 3 is 2.58 bits per heavy atom. The van der Waals surface area contributed by atoms with Crippen LogP contribution in [0.5, 0.6) is 11.5 Å². The van der Waals surface area contributed by atoms with Crippen molar-refractivity contribution in [3.63, 3.8) is 0 Å². The minimum absolute atomic E-state index is 0.110. The molecule has 0 spiro atoms. The highest BCUT2D eigenvalue weighted by molar-refractivity contribution is 5.95. The molecule has 0 fully saturated rings. The van der Waals surface area contributed by atoms with Crippen molar-refractivity contribution in [3.8, 4) is 11.5 Å². The summed E-state index contributed by atoms with van der Waals surface area (Å²) < 4.78 is 5.61. The van der Waals surface area contributed by atoms with Crippen LogP contribution in [0, 0.1) is 5.92 Å². The van der Waals surface area contributed by atoms with Gasteiger partial charge in [0.2, 0.25) is 0 Å². The second-order valence-electron chi connectivity index (χ2n) is 5.81. The SMILES string of the molecule is CC(C)CCOc1ccc(C(=O)N/N=C/c2ccccc2O)cc1. The molecule has 126 valence electrons. The zero-order valence-electron chi connectivity index (χ0n) is 13.9. The zero-order chi connectivity index (χ0) is 17.4. The van der Waals surface area contributed by atoms with Gasteiger partial charge in [0.1, 0.15) is 11.5 Å². The lowest BCUT2D eigenvalue weighted by Gasteiger charge is -2.08. The van der Waals surface area contributed by atoms with Crippen molar-refractivity contribution in [3.05, 3.63) is 59.7 Å². The molecule has 5 heteroatoms. The number of rotatable bonds is 7. The standard InChI is InChI=1S/C19H22N2O3/c1-14(2)11-12-24-17-9-7-15(8-10-17)19(23)21-20-13-16-5-3-4-6-18(16)22/h3-10,13-14,22H,11-12H2,1-2H3,(H,21,23)/b20-13+. The van der Waals surface area contributed by atoms with Crippen molar-refractivity contribution < 1.29 is 14.6 Å². The largest absolute Gasteiger partial charge is 0.507 e. The molecule has 0 aromatic heterocycles. The van der Waals surface area contributed by atoms with Crippen LogP contribution in [-0.2, 0) is 0 Å². The topological polar surface area (TPSA) is 70.9 Å². The molecule has 0 aliphatic rings. The first-order valence-corrected chi connectivity index (χ1v) is 7.90. The van der Waals surface area contributed by atoms with Crippen LogP contribution in [0.2, 0.25) is 0 Å². The minimum Gasteiger partial charge on any atom is -0.507 e. The molecular weight excluding hydrogens is 304 g/mol. The lowest BCUT2D eigenvalue weighted by molar-refractivity contribution is 0.0955. The molecule has 0 aliphatic carbocycles. The van der Waals surface area contributed by atoms with Crippen LogP contribution in [0.3, 0.4) is 0 Å². The number of benzene rings is 2. The van der Waals surface area contributed by atoms with Crippen molar-refractivity contribution in [1.29, 1.82) is 0 Å². The highest BCUT2D eigenvalue weighted by Crippen LogP contribution is 2.14. The van der Waals surface area contributed by atoms with Gasteiger partial charge in [-0.15, -0.1) is 0 Å². The number of ether oxygens (including phenoxy) is 1. The summed E-state index contributed by atoms with van der Waals surface area (Å²) >= 11 is 0. The van der Waals surface area contributed by atoms with E-state index in [1.54, 1.807) is 48.5 Å². The summed E-state index contributed by atoms with van der Waals surface area (Å²) in [6.45, 7) is 4.95. The Hall–Kier alpha value is -2.82. The van der Waals surface area contributed by atoms with Crippen LogP contribution in [0.1, 0.15) is 36.2 Å². The third kappa shape index (κ3) is 5.43. The van der Waals surface area contributed by atoms with E-state index >= 15 is 0 Å². The lowest BCUT2D eigenvalue weighted by atomic mass is 10.1. The summed E-state index contributed by atoms with van der Waals surface area (Å²) in [5, 5.41) is 13.5. The second-order valence-corrected chi connectivity index (χ2v) is 5.81. The van der Waals surface area contributed by atoms with E-state index < -0.39 is 0 Å². The summed E-state index contributed by atoms with van der Waals surface area (Å²) in [6, 6.07) is 13.7. The molecule has 0 aliphatic heterocycles. The first kappa shape index (κ1) is 17.5. The van der Waals surface area contributed by atoms with E-state index in [1.165, 1.54) is 6.21 Å². The molecule has 0 saturated heterocycles. The Bertz CT molecular complexity index is 694. The van der Waals surface area contributed by atoms with Gasteiger partial charge in [0.15, 0.2) is 0 Å². The predicted octanol–water partition coefficient (Wildman–Crippen LogP) is 3.58. The van der Waals surface area contributed by atoms with Crippen molar-refractivity contribution >= 4 is 12.1 Å². The van der Waals surface area contributed by atoms with E-state index in [0.717, 1.165) is 12.2 Å². The minimum atomic E-state index is -0.324. The highest BCUT2D eigenvalue weighted by Gasteiger charge is 2.05. The molecule has 2 N–H and O–H groups in total. The number of amides is 1. The van der Waals surface area contributed by atoms with E-state index in [2.05, 4.69) is 24.4 Å². The molecular formula is C19H22N2O3. The molecule has 0 heterocycles. The van der Waals surface area contributed by atoms with Crippen molar-refractivity contribution in [2.45, 2.75) is 20.3 Å². The maximum atomic E-state index is 12.0. The molecule has 0 atom stereocenters. The number of hydrogen-bond acceptors (Lipinski definition) is 4. The molecule has 0 unspecified atom stereocenters. The Morgan fingerprint density at radius 1 is 1.21 bits per heavy atom. The molecule has 1 amide bonds. The van der Waals surface area contributed by atoms with Gasteiger partial charge < -0.3 is 9.84 Å². The van der Waals surface area contributed by atoms with E-state index in [4.69, 9.17) is 4.74 Å². The normalized spacial score (nSPS) is 11.0. The fraction of sp³-hybridized carbons (Fsp3) is 0.263. The van der Waals surface area contributed by atoms with Crippen molar-refractivity contribution in [1.82, 2.24) is 5.43 Å². The number of phenolic OH excluding ortho intramolecular Hbond substituents is 1. The van der Waals surface area contributed by atoms with Crippen LogP contribution < -0.4 is 10.2 Å². The summed E-state index contributed by atoms with van der Waals surface area (Å²) in [6.07, 6.45) is 2.39. The Balaban J connectivity index is 1.87. The fourth-order valence-electron chi connectivity index (χ4n) is 1.94. The molecule has 2 rings (SSSR count). The average Bonchev–Trinajstić information content (AvgIpc) is 2.57. The monoisotopic (exact) mass is 326 g/mol. The third-order valence-electron chi connectivity index (χ3n) is 3.39. The van der Waals surface area contributed by atoms with Gasteiger partial charge in [-0.3, -0.25) is 4.79 Å². The number of para-hydroxylation sites is 1. The van der Waals surface area contributed by atoms with Gasteiger partial charge in [0, 0.05) is 11.1 Å². The van der Waals surface area contributed by atoms with Gasteiger partial charge in [-0.2, -0.15) is 5.10 Å². The molecule has 2 aromatic carbocycles. The number of aromatic hydroxyl groups is 1. The van der Waals surface area contributed by atoms with E-state index in [1.807, 2.05) is 0 Å². The maximum Gasteiger partial charge on any atom is 0.271 e. The Kier molecular flexibility index (Phi) is 6.37. The van der Waals surface area contributed by atoms with Crippen LogP contribution >= 0.6 is 0 Å². The zero-order valence-corrected chi connectivity index (χ0v) is 13.9. The van der Waals surface area contributed by atoms with Crippen molar-refractivity contribution in [2.75, 3.05) is 6.61 Å². The molecule has 2 aromatic rings. The first-order chi connectivity index (χ1) is 11.6. The third-order valence-corrected chi connectivity index (χ3v) is 3.39. The van der Waals surface area contributed by atoms with Gasteiger partial charge in [0.25, 0.3) is 5.91 Å². The molecule has 0 saturated carbocycles. The van der Waals surface area contributed by atoms with Gasteiger partial charge in [-0.25, -0.2) is 5.43 Å². The number of nitrogens with zero attached hydrogens (tertiary/aromatic N) is 1. The Labute approximate surface area is 142 Å². The number of hydrazone groups is 1. The van der Waals surface area contributed by atoms with Crippen LogP contribution in [0.25, 0.3) is 0 Å². The highest BCUT2D eigenvalue weighted by atomic mass is 16.5. The summed E-state index contributed by atoms with van der Waals surface area (Å²) in [4.78, 5) is 12.0. The quantitative estimate of drug-likeness (QED) is 0.603. The van der Waals surface area contributed by atoms with Gasteiger partial charge >= 0.3 is 0 Å². The van der Waals surface area contributed by atoms with Crippen molar-refractivity contribution in [2.24, 2.45) is 11.0 Å². The average molecular weight is 326 g/mol. The number of carbonyl (C=O) groups is 1. The molecule has 5 nitrogen and oxygen atoms in total. The second kappa shape index (κ2) is 8.72.